The Balaban J connectivity index is 0.000000770. The first-order valence-electron chi connectivity index (χ1n) is 3.83. The largest absolute Gasteiger partial charge is 0.557 e. The molecular weight excluding hydrogens is 255 g/mol. The Hall–Kier alpha value is -2.28. The van der Waals surface area contributed by atoms with Crippen LogP contribution in [0.4, 0.5) is 0 Å². The van der Waals surface area contributed by atoms with Crippen molar-refractivity contribution in [1.29, 1.82) is 5.53 Å². The summed E-state index contributed by atoms with van der Waals surface area (Å²) in [5, 5.41) is 8.39. The third kappa shape index (κ3) is 7.63. The molecule has 0 aliphatic heterocycles. The Kier molecular flexibility index (Phi) is 6.12. The van der Waals surface area contributed by atoms with E-state index in [-0.39, 0.29) is 5.75 Å². The summed E-state index contributed by atoms with van der Waals surface area (Å²) >= 11 is 0. The minimum absolute atomic E-state index is 0.0141. The summed E-state index contributed by atoms with van der Waals surface area (Å²) in [5.74, 6) is 0.0141. The number of nitrogens with zero attached hydrogens (tertiary/aromatic N) is 3. The Morgan fingerprint density at radius 1 is 1.47 bits per heavy atom. The fraction of sp³-hybridized carbons (Fsp3) is 0. The van der Waals surface area contributed by atoms with Gasteiger partial charge >= 0.3 is 12.9 Å². The normalized spacial score (nSPS) is 12.1. The maximum absolute atomic E-state index is 10.9. The number of rotatable bonds is 4. The number of nitrogens with one attached hydrogen (secondary N) is 1. The molecule has 1 atom stereocenters. The first kappa shape index (κ1) is 14.7. The lowest BCUT2D eigenvalue weighted by Gasteiger charge is -2.09. The minimum atomic E-state index is -4.67. The second kappa shape index (κ2) is 7.07. The van der Waals surface area contributed by atoms with Crippen molar-refractivity contribution in [2.24, 2.45) is 0 Å². The van der Waals surface area contributed by atoms with E-state index in [1.54, 1.807) is 23.1 Å². The first-order valence-corrected chi connectivity index (χ1v) is 5.33. The number of para-hydroxylation sites is 1. The maximum Gasteiger partial charge on any atom is 0.557 e. The molecule has 1 aromatic carbocycles. The lowest BCUT2D eigenvalue weighted by molar-refractivity contribution is -0.717. The summed E-state index contributed by atoms with van der Waals surface area (Å²) in [7, 11) is -4.67. The van der Waals surface area contributed by atoms with Gasteiger partial charge in [-0.2, -0.15) is 4.62 Å². The number of phosphoric ester groups is 1. The van der Waals surface area contributed by atoms with E-state index in [0.29, 0.717) is 0 Å². The lowest BCUT2D eigenvalue weighted by atomic mass is 10.3. The van der Waals surface area contributed by atoms with Gasteiger partial charge in [0.05, 0.1) is 0 Å². The van der Waals surface area contributed by atoms with Crippen molar-refractivity contribution in [1.82, 2.24) is 0 Å². The van der Waals surface area contributed by atoms with Crippen LogP contribution >= 0.6 is 7.82 Å². The fourth-order valence-corrected chi connectivity index (χ4v) is 1.31. The molecule has 1 rings (SSSR count). The quantitative estimate of drug-likeness (QED) is 0.211. The first-order chi connectivity index (χ1) is 7.91. The van der Waals surface area contributed by atoms with Crippen molar-refractivity contribution in [2.45, 2.75) is 0 Å². The molecule has 0 fully saturated rings. The van der Waals surface area contributed by atoms with E-state index in [1.165, 1.54) is 12.1 Å². The topological polar surface area (TPSA) is 159 Å². The third-order valence-corrected chi connectivity index (χ3v) is 1.92. The highest BCUT2D eigenvalue weighted by Crippen LogP contribution is 2.43. The van der Waals surface area contributed by atoms with E-state index < -0.39 is 12.9 Å². The Morgan fingerprint density at radius 3 is 2.35 bits per heavy atom. The summed E-state index contributed by atoms with van der Waals surface area (Å²) in [6.07, 6.45) is 0. The highest BCUT2D eigenvalue weighted by atomic mass is 31.2. The van der Waals surface area contributed by atoms with Gasteiger partial charge in [0, 0.05) is 0 Å². The van der Waals surface area contributed by atoms with Crippen LogP contribution in [0.1, 0.15) is 0 Å². The predicted molar refractivity (Wildman–Crippen MR) is 54.4 cm³/mol. The zero-order chi connectivity index (χ0) is 13.3. The molecule has 1 unspecified atom stereocenters. The number of hydrogen-bond donors (Lipinski definition) is 2. The van der Waals surface area contributed by atoms with Crippen molar-refractivity contribution in [3.8, 4) is 5.75 Å². The van der Waals surface area contributed by atoms with Crippen LogP contribution in [0.15, 0.2) is 30.3 Å². The average Bonchev–Trinajstić information content (AvgIpc) is 2.17. The summed E-state index contributed by atoms with van der Waals surface area (Å²) in [6.45, 7) is 0. The molecule has 0 amide bonds. The van der Waals surface area contributed by atoms with E-state index in [4.69, 9.17) is 16.0 Å². The summed E-state index contributed by atoms with van der Waals surface area (Å²) in [5.41, 5.74) is 12.2. The second-order valence-electron chi connectivity index (χ2n) is 2.28. The molecule has 0 saturated carbocycles. The van der Waals surface area contributed by atoms with Gasteiger partial charge in [-0.15, -0.1) is 15.6 Å². The van der Waals surface area contributed by atoms with Crippen LogP contribution in [0.2, 0.25) is 0 Å². The standard InChI is InChI=1S/C6H6NO6P.HN3/c8-7(9)13-14(10,11)12-6-4-2-1-3-5-6;1-3-2/h1-5H,(H,10,11);1H. The smallest absolute Gasteiger partial charge is 0.406 e. The molecule has 0 aliphatic rings. The highest BCUT2D eigenvalue weighted by Gasteiger charge is 2.26. The maximum atomic E-state index is 10.9. The highest BCUT2D eigenvalue weighted by molar-refractivity contribution is 7.47. The zero-order valence-corrected chi connectivity index (χ0v) is 9.06. The van der Waals surface area contributed by atoms with E-state index in [1.807, 2.05) is 0 Å². The van der Waals surface area contributed by atoms with Gasteiger partial charge in [-0.1, -0.05) is 18.2 Å². The van der Waals surface area contributed by atoms with Crippen LogP contribution in [0.3, 0.4) is 0 Å². The van der Waals surface area contributed by atoms with Crippen LogP contribution in [0.5, 0.6) is 5.75 Å². The SMILES string of the molecule is O=[N+]([O-])OP(=O)(O)Oc1ccccc1.[N-]=[N+]=N. The molecule has 0 radical (unpaired) electrons. The Morgan fingerprint density at radius 2 is 1.94 bits per heavy atom. The lowest BCUT2D eigenvalue weighted by Crippen LogP contribution is -2.02. The van der Waals surface area contributed by atoms with Gasteiger partial charge in [-0.25, -0.2) is 4.57 Å². The summed E-state index contributed by atoms with van der Waals surface area (Å²) < 4.78 is 18.7. The molecule has 0 spiro atoms. The van der Waals surface area contributed by atoms with E-state index >= 15 is 0 Å². The molecule has 1 aromatic rings. The van der Waals surface area contributed by atoms with Gasteiger partial charge in [0.2, 0.25) is 0 Å². The van der Waals surface area contributed by atoms with Crippen molar-refractivity contribution < 1.29 is 23.7 Å². The fourth-order valence-electron chi connectivity index (χ4n) is 0.715. The zero-order valence-electron chi connectivity index (χ0n) is 8.16. The van der Waals surface area contributed by atoms with E-state index in [9.17, 15) is 14.7 Å². The molecule has 0 aliphatic carbocycles. The molecule has 0 saturated heterocycles. The van der Waals surface area contributed by atoms with Crippen LogP contribution in [-0.2, 0) is 9.19 Å². The van der Waals surface area contributed by atoms with Gasteiger partial charge in [0.1, 0.15) is 5.75 Å². The van der Waals surface area contributed by atoms with Gasteiger partial charge < -0.3 is 4.52 Å². The van der Waals surface area contributed by atoms with Crippen molar-refractivity contribution in [3.05, 3.63) is 50.9 Å². The molecule has 2 N–H and O–H groups in total. The molecule has 92 valence electrons. The molecule has 10 nitrogen and oxygen atoms in total. The van der Waals surface area contributed by atoms with Gasteiger partial charge in [-0.3, -0.25) is 4.89 Å². The van der Waals surface area contributed by atoms with Crippen LogP contribution in [0, 0.1) is 15.6 Å². The van der Waals surface area contributed by atoms with Gasteiger partial charge in [0.15, 0.2) is 0 Å². The monoisotopic (exact) mass is 262 g/mol. The van der Waals surface area contributed by atoms with Crippen molar-refractivity contribution >= 4 is 7.82 Å². The Bertz CT molecular complexity index is 445. The summed E-state index contributed by atoms with van der Waals surface area (Å²) in [6, 6.07) is 7.48. The van der Waals surface area contributed by atoms with E-state index in [2.05, 4.69) is 9.15 Å². The summed E-state index contributed by atoms with van der Waals surface area (Å²) in [4.78, 5) is 20.3. The van der Waals surface area contributed by atoms with Crippen LogP contribution < -0.4 is 4.52 Å². The van der Waals surface area contributed by atoms with Crippen LogP contribution in [-0.4, -0.2) is 9.98 Å². The average molecular weight is 262 g/mol. The third-order valence-electron chi connectivity index (χ3n) is 1.13. The molecule has 0 aromatic heterocycles. The molecule has 17 heavy (non-hydrogen) atoms. The Labute approximate surface area is 94.5 Å². The number of hydrogen-bond acceptors (Lipinski definition) is 6. The number of phosphoric acid groups is 1. The molecule has 11 heteroatoms. The second-order valence-corrected chi connectivity index (χ2v) is 3.56. The van der Waals surface area contributed by atoms with Crippen LogP contribution in [0.25, 0.3) is 10.4 Å². The molecule has 0 bridgehead atoms. The van der Waals surface area contributed by atoms with Crippen molar-refractivity contribution in [2.75, 3.05) is 0 Å². The molecular formula is C6H7N4O6P. The van der Waals surface area contributed by atoms with Crippen molar-refractivity contribution in [3.63, 3.8) is 0 Å². The van der Waals surface area contributed by atoms with Gasteiger partial charge in [-0.05, 0) is 22.6 Å². The minimum Gasteiger partial charge on any atom is -0.406 e. The molecule has 0 heterocycles. The van der Waals surface area contributed by atoms with E-state index in [0.717, 1.165) is 0 Å². The number of benzene rings is 1. The van der Waals surface area contributed by atoms with Gasteiger partial charge in [0.25, 0.3) is 0 Å². The predicted octanol–water partition coefficient (Wildman–Crippen LogP) is 2.25.